The molecule has 4 aromatic rings. The van der Waals surface area contributed by atoms with Gasteiger partial charge >= 0.3 is 6.18 Å². The fourth-order valence-electron chi connectivity index (χ4n) is 3.95. The third-order valence-corrected chi connectivity index (χ3v) is 5.57. The van der Waals surface area contributed by atoms with Gasteiger partial charge in [-0.1, -0.05) is 17.3 Å². The van der Waals surface area contributed by atoms with Crippen molar-refractivity contribution < 1.29 is 17.7 Å². The van der Waals surface area contributed by atoms with E-state index >= 15 is 0 Å². The van der Waals surface area contributed by atoms with Gasteiger partial charge in [-0.25, -0.2) is 0 Å². The number of alkyl halides is 3. The Hall–Kier alpha value is -3.49. The van der Waals surface area contributed by atoms with Gasteiger partial charge in [-0.15, -0.1) is 0 Å². The highest BCUT2D eigenvalue weighted by Gasteiger charge is 2.31. The van der Waals surface area contributed by atoms with E-state index in [1.54, 1.807) is 12.4 Å². The summed E-state index contributed by atoms with van der Waals surface area (Å²) in [7, 11) is 0. The predicted molar refractivity (Wildman–Crippen MR) is 108 cm³/mol. The molecule has 31 heavy (non-hydrogen) atoms. The molecule has 9 heteroatoms. The quantitative estimate of drug-likeness (QED) is 0.456. The van der Waals surface area contributed by atoms with Gasteiger partial charge in [0.2, 0.25) is 11.7 Å². The van der Waals surface area contributed by atoms with Gasteiger partial charge < -0.3 is 9.42 Å². The number of anilines is 1. The van der Waals surface area contributed by atoms with Crippen molar-refractivity contribution in [2.24, 2.45) is 0 Å². The first-order valence-corrected chi connectivity index (χ1v) is 9.95. The van der Waals surface area contributed by atoms with Crippen LogP contribution in [0.3, 0.4) is 0 Å². The molecule has 0 saturated carbocycles. The Balaban J connectivity index is 1.33. The minimum atomic E-state index is -4.39. The second-order valence-electron chi connectivity index (χ2n) is 7.49. The van der Waals surface area contributed by atoms with Gasteiger partial charge in [0, 0.05) is 42.5 Å². The molecule has 0 N–H and O–H groups in total. The molecule has 5 rings (SSSR count). The Labute approximate surface area is 175 Å². The highest BCUT2D eigenvalue weighted by atomic mass is 19.4. The summed E-state index contributed by atoms with van der Waals surface area (Å²) in [4.78, 5) is 15.1. The van der Waals surface area contributed by atoms with Crippen LogP contribution in [0.25, 0.3) is 22.4 Å². The van der Waals surface area contributed by atoms with Crippen LogP contribution in [0.1, 0.15) is 30.2 Å². The molecule has 1 saturated heterocycles. The second-order valence-corrected chi connectivity index (χ2v) is 7.49. The van der Waals surface area contributed by atoms with Crippen LogP contribution in [0.5, 0.6) is 0 Å². The lowest BCUT2D eigenvalue weighted by atomic mass is 9.96. The lowest BCUT2D eigenvalue weighted by molar-refractivity contribution is -0.137. The van der Waals surface area contributed by atoms with Crippen LogP contribution in [0, 0.1) is 0 Å². The minimum absolute atomic E-state index is 0.131. The standard InChI is InChI=1S/C22H18F3N5O/c23-22(24,25)15-4-5-16-18(13-15)27-10-6-19(16)30-11-7-14(8-12-30)21-28-20(29-31-21)17-3-1-2-9-26-17/h1-6,9-10,13-14H,7-8,11-12H2. The molecule has 0 unspecified atom stereocenters. The first-order chi connectivity index (χ1) is 15.0. The third-order valence-electron chi connectivity index (χ3n) is 5.57. The summed E-state index contributed by atoms with van der Waals surface area (Å²) in [6.45, 7) is 1.46. The molecule has 0 amide bonds. The van der Waals surface area contributed by atoms with Gasteiger partial charge in [-0.2, -0.15) is 18.2 Å². The van der Waals surface area contributed by atoms with E-state index in [1.807, 2.05) is 24.3 Å². The molecule has 3 aromatic heterocycles. The van der Waals surface area contributed by atoms with Crippen LogP contribution in [0.2, 0.25) is 0 Å². The van der Waals surface area contributed by atoms with Crippen molar-refractivity contribution in [3.8, 4) is 11.5 Å². The Morgan fingerprint density at radius 2 is 1.81 bits per heavy atom. The first kappa shape index (κ1) is 19.5. The summed E-state index contributed by atoms with van der Waals surface area (Å²) >= 11 is 0. The van der Waals surface area contributed by atoms with Crippen molar-refractivity contribution >= 4 is 16.6 Å². The van der Waals surface area contributed by atoms with E-state index in [2.05, 4.69) is 25.0 Å². The number of pyridine rings is 2. The number of hydrogen-bond donors (Lipinski definition) is 0. The smallest absolute Gasteiger partial charge is 0.371 e. The molecular weight excluding hydrogens is 407 g/mol. The fourth-order valence-corrected chi connectivity index (χ4v) is 3.95. The van der Waals surface area contributed by atoms with E-state index in [4.69, 9.17) is 4.52 Å². The average Bonchev–Trinajstić information content (AvgIpc) is 3.29. The SMILES string of the molecule is FC(F)(F)c1ccc2c(N3CCC(c4nc(-c5ccccn5)no4)CC3)ccnc2c1. The Morgan fingerprint density at radius 1 is 0.968 bits per heavy atom. The first-order valence-electron chi connectivity index (χ1n) is 9.95. The van der Waals surface area contributed by atoms with Gasteiger partial charge in [0.25, 0.3) is 0 Å². The molecule has 158 valence electrons. The van der Waals surface area contributed by atoms with Crippen LogP contribution >= 0.6 is 0 Å². The van der Waals surface area contributed by atoms with Crippen LogP contribution < -0.4 is 4.90 Å². The molecule has 6 nitrogen and oxygen atoms in total. The Kier molecular flexibility index (Phi) is 4.80. The van der Waals surface area contributed by atoms with Crippen LogP contribution in [0.15, 0.2) is 59.4 Å². The number of nitrogens with zero attached hydrogens (tertiary/aromatic N) is 5. The summed E-state index contributed by atoms with van der Waals surface area (Å²) in [6, 6.07) is 11.1. The molecular formula is C22H18F3N5O. The monoisotopic (exact) mass is 425 g/mol. The molecule has 0 spiro atoms. The maximum absolute atomic E-state index is 13.0. The summed E-state index contributed by atoms with van der Waals surface area (Å²) in [5.74, 6) is 1.19. The number of rotatable bonds is 3. The van der Waals surface area contributed by atoms with E-state index in [9.17, 15) is 13.2 Å². The molecule has 4 heterocycles. The van der Waals surface area contributed by atoms with Crippen molar-refractivity contribution in [3.05, 3.63) is 66.3 Å². The van der Waals surface area contributed by atoms with Gasteiger partial charge in [0.15, 0.2) is 0 Å². The molecule has 1 aromatic carbocycles. The molecule has 1 aliphatic heterocycles. The lowest BCUT2D eigenvalue weighted by Crippen LogP contribution is -2.33. The van der Waals surface area contributed by atoms with Gasteiger partial charge in [0.1, 0.15) is 5.69 Å². The van der Waals surface area contributed by atoms with Crippen molar-refractivity contribution in [2.45, 2.75) is 24.9 Å². The summed E-state index contributed by atoms with van der Waals surface area (Å²) < 4.78 is 44.5. The lowest BCUT2D eigenvalue weighted by Gasteiger charge is -2.32. The van der Waals surface area contributed by atoms with Crippen molar-refractivity contribution in [1.29, 1.82) is 0 Å². The number of halogens is 3. The number of fused-ring (bicyclic) bond motifs is 1. The highest BCUT2D eigenvalue weighted by Crippen LogP contribution is 2.36. The van der Waals surface area contributed by atoms with Crippen LogP contribution in [0.4, 0.5) is 18.9 Å². The molecule has 0 atom stereocenters. The number of benzene rings is 1. The zero-order valence-corrected chi connectivity index (χ0v) is 16.4. The third kappa shape index (κ3) is 3.83. The molecule has 0 bridgehead atoms. The zero-order chi connectivity index (χ0) is 21.4. The van der Waals surface area contributed by atoms with Gasteiger partial charge in [-0.3, -0.25) is 9.97 Å². The summed E-state index contributed by atoms with van der Waals surface area (Å²) in [5, 5.41) is 4.76. The van der Waals surface area contributed by atoms with E-state index < -0.39 is 11.7 Å². The highest BCUT2D eigenvalue weighted by molar-refractivity contribution is 5.92. The summed E-state index contributed by atoms with van der Waals surface area (Å²) in [6.07, 6.45) is 0.451. The maximum Gasteiger partial charge on any atom is 0.416 e. The zero-order valence-electron chi connectivity index (χ0n) is 16.4. The molecule has 0 aliphatic carbocycles. The Bertz CT molecular complexity index is 1200. The minimum Gasteiger partial charge on any atom is -0.371 e. The normalized spacial score (nSPS) is 15.5. The van der Waals surface area contributed by atoms with Crippen LogP contribution in [-0.2, 0) is 6.18 Å². The van der Waals surface area contributed by atoms with Gasteiger partial charge in [-0.05, 0) is 43.2 Å². The fraction of sp³-hybridized carbons (Fsp3) is 0.273. The molecule has 1 aliphatic rings. The van der Waals surface area contributed by atoms with E-state index in [1.165, 1.54) is 6.07 Å². The maximum atomic E-state index is 13.0. The van der Waals surface area contributed by atoms with Crippen LogP contribution in [-0.4, -0.2) is 33.2 Å². The van der Waals surface area contributed by atoms with E-state index in [0.717, 1.165) is 43.8 Å². The van der Waals surface area contributed by atoms with E-state index in [-0.39, 0.29) is 5.92 Å². The summed E-state index contributed by atoms with van der Waals surface area (Å²) in [5.41, 5.74) is 1.20. The second kappa shape index (κ2) is 7.64. The number of aromatic nitrogens is 4. The van der Waals surface area contributed by atoms with Gasteiger partial charge in [0.05, 0.1) is 11.1 Å². The average molecular weight is 425 g/mol. The van der Waals surface area contributed by atoms with Crippen molar-refractivity contribution in [2.75, 3.05) is 18.0 Å². The molecule has 1 fully saturated rings. The molecule has 0 radical (unpaired) electrons. The largest absolute Gasteiger partial charge is 0.416 e. The topological polar surface area (TPSA) is 67.9 Å². The Morgan fingerprint density at radius 3 is 2.55 bits per heavy atom. The van der Waals surface area contributed by atoms with Crippen molar-refractivity contribution in [1.82, 2.24) is 20.1 Å². The number of hydrogen-bond acceptors (Lipinski definition) is 6. The predicted octanol–water partition coefficient (Wildman–Crippen LogP) is 5.08. The number of piperidine rings is 1. The van der Waals surface area contributed by atoms with Crippen molar-refractivity contribution in [3.63, 3.8) is 0 Å². The van der Waals surface area contributed by atoms with E-state index in [0.29, 0.717) is 28.3 Å².